The lowest BCUT2D eigenvalue weighted by atomic mass is 10.1. The number of aromatic amines is 1. The molecule has 0 bridgehead atoms. The maximum absolute atomic E-state index is 12.4. The Morgan fingerprint density at radius 3 is 2.96 bits per heavy atom. The third-order valence-electron chi connectivity index (χ3n) is 4.29. The topological polar surface area (TPSA) is 83.0 Å². The molecule has 1 aliphatic rings. The van der Waals surface area contributed by atoms with Gasteiger partial charge in [-0.3, -0.25) is 9.78 Å². The smallest absolute Gasteiger partial charge is 0.264 e. The summed E-state index contributed by atoms with van der Waals surface area (Å²) in [5.41, 5.74) is 4.00. The van der Waals surface area contributed by atoms with Gasteiger partial charge >= 0.3 is 0 Å². The number of H-pyrrole nitrogens is 1. The molecule has 3 heterocycles. The van der Waals surface area contributed by atoms with Crippen LogP contribution in [0.15, 0.2) is 64.9 Å². The lowest BCUT2D eigenvalue weighted by Crippen LogP contribution is -2.19. The number of amides is 1. The number of rotatable bonds is 2. The molecule has 0 unspecified atom stereocenters. The number of fused-ring (bicyclic) bond motifs is 2. The molecule has 6 nitrogen and oxygen atoms in total. The molecule has 2 N–H and O–H groups in total. The molecular weight excluding hydrogens is 394 g/mol. The first-order chi connectivity index (χ1) is 13.7. The van der Waals surface area contributed by atoms with E-state index in [1.165, 1.54) is 11.8 Å². The van der Waals surface area contributed by atoms with E-state index in [1.807, 2.05) is 36.4 Å². The van der Waals surface area contributed by atoms with E-state index in [1.54, 1.807) is 24.7 Å². The largest absolute Gasteiger partial charge is 0.345 e. The molecule has 1 amide bonds. The number of aromatic nitrogens is 3. The van der Waals surface area contributed by atoms with Crippen LogP contribution in [0.1, 0.15) is 5.56 Å². The highest BCUT2D eigenvalue weighted by Crippen LogP contribution is 2.33. The Balaban J connectivity index is 1.46. The summed E-state index contributed by atoms with van der Waals surface area (Å²) >= 11 is 7.58. The van der Waals surface area contributed by atoms with Gasteiger partial charge in [0.1, 0.15) is 0 Å². The number of carbonyl (C=O) groups excluding carboxylic acids is 1. The summed E-state index contributed by atoms with van der Waals surface area (Å²) in [6.07, 6.45) is 5.20. The second kappa shape index (κ2) is 6.78. The molecule has 0 aliphatic carbocycles. The van der Waals surface area contributed by atoms with Gasteiger partial charge in [-0.25, -0.2) is 9.98 Å². The predicted octanol–water partition coefficient (Wildman–Crippen LogP) is 4.66. The molecule has 2 aromatic carbocycles. The van der Waals surface area contributed by atoms with Crippen LogP contribution in [0, 0.1) is 0 Å². The Kier molecular flexibility index (Phi) is 4.11. The van der Waals surface area contributed by atoms with Crippen molar-refractivity contribution in [3.8, 4) is 0 Å². The first-order valence-corrected chi connectivity index (χ1v) is 9.62. The van der Waals surface area contributed by atoms with E-state index in [0.29, 0.717) is 20.8 Å². The number of aliphatic imine (C=N–C) groups is 1. The Morgan fingerprint density at radius 2 is 2.04 bits per heavy atom. The maximum Gasteiger partial charge on any atom is 0.264 e. The first kappa shape index (κ1) is 17.0. The van der Waals surface area contributed by atoms with Crippen molar-refractivity contribution in [3.63, 3.8) is 0 Å². The number of amidine groups is 1. The molecule has 5 rings (SSSR count). The molecule has 0 atom stereocenters. The van der Waals surface area contributed by atoms with Crippen LogP contribution in [0.4, 0.5) is 5.69 Å². The molecule has 8 heteroatoms. The molecule has 0 saturated carbocycles. The van der Waals surface area contributed by atoms with Crippen LogP contribution in [0.5, 0.6) is 0 Å². The third-order valence-corrected chi connectivity index (χ3v) is 5.50. The summed E-state index contributed by atoms with van der Waals surface area (Å²) in [5.74, 6) is -0.188. The quantitative estimate of drug-likeness (QED) is 0.475. The molecule has 136 valence electrons. The van der Waals surface area contributed by atoms with Crippen molar-refractivity contribution in [1.82, 2.24) is 20.3 Å². The summed E-state index contributed by atoms with van der Waals surface area (Å²) in [6.45, 7) is 0. The summed E-state index contributed by atoms with van der Waals surface area (Å²) in [4.78, 5) is 28.9. The van der Waals surface area contributed by atoms with Crippen LogP contribution in [-0.2, 0) is 4.79 Å². The fraction of sp³-hybridized carbons (Fsp3) is 0. The molecule has 1 aliphatic heterocycles. The minimum Gasteiger partial charge on any atom is -0.345 e. The average molecular weight is 406 g/mol. The summed E-state index contributed by atoms with van der Waals surface area (Å²) in [6, 6.07) is 13.3. The minimum absolute atomic E-state index is 0.188. The van der Waals surface area contributed by atoms with Crippen LogP contribution in [0.25, 0.3) is 28.0 Å². The van der Waals surface area contributed by atoms with Gasteiger partial charge in [0.05, 0.1) is 38.5 Å². The van der Waals surface area contributed by atoms with Crippen molar-refractivity contribution < 1.29 is 4.79 Å². The Morgan fingerprint density at radius 1 is 1.11 bits per heavy atom. The van der Waals surface area contributed by atoms with Gasteiger partial charge in [-0.2, -0.15) is 0 Å². The number of carbonyl (C=O) groups is 1. The van der Waals surface area contributed by atoms with Gasteiger partial charge in [0, 0.05) is 11.6 Å². The van der Waals surface area contributed by atoms with Crippen LogP contribution < -0.4 is 5.32 Å². The molecule has 1 saturated heterocycles. The van der Waals surface area contributed by atoms with Gasteiger partial charge < -0.3 is 10.3 Å². The van der Waals surface area contributed by atoms with E-state index in [4.69, 9.17) is 11.6 Å². The number of hydrogen-bond acceptors (Lipinski definition) is 5. The lowest BCUT2D eigenvalue weighted by molar-refractivity contribution is -0.115. The SMILES string of the molecule is O=C1NC(=Nc2cc3nc[nH]c3cc2Cl)SC1=Cc1ccc2ncccc2c1. The highest BCUT2D eigenvalue weighted by atomic mass is 35.5. The molecule has 4 aromatic rings. The van der Waals surface area contributed by atoms with E-state index in [0.717, 1.165) is 27.5 Å². The zero-order valence-corrected chi connectivity index (χ0v) is 15.9. The van der Waals surface area contributed by atoms with E-state index in [9.17, 15) is 4.79 Å². The van der Waals surface area contributed by atoms with Crippen LogP contribution in [0.3, 0.4) is 0 Å². The number of nitrogens with one attached hydrogen (secondary N) is 2. The normalized spacial score (nSPS) is 17.1. The monoisotopic (exact) mass is 405 g/mol. The molecule has 28 heavy (non-hydrogen) atoms. The van der Waals surface area contributed by atoms with E-state index in [-0.39, 0.29) is 5.91 Å². The number of halogens is 1. The lowest BCUT2D eigenvalue weighted by Gasteiger charge is -2.00. The molecule has 0 radical (unpaired) electrons. The van der Waals surface area contributed by atoms with Gasteiger partial charge in [0.25, 0.3) is 5.91 Å². The van der Waals surface area contributed by atoms with Crippen molar-refractivity contribution >= 4 is 68.1 Å². The van der Waals surface area contributed by atoms with E-state index in [2.05, 4.69) is 25.3 Å². The van der Waals surface area contributed by atoms with Gasteiger partial charge in [-0.05, 0) is 53.7 Å². The first-order valence-electron chi connectivity index (χ1n) is 8.43. The van der Waals surface area contributed by atoms with Crippen molar-refractivity contribution in [2.75, 3.05) is 0 Å². The van der Waals surface area contributed by atoms with E-state index >= 15 is 0 Å². The van der Waals surface area contributed by atoms with Gasteiger partial charge in [0.15, 0.2) is 5.17 Å². The van der Waals surface area contributed by atoms with Crippen LogP contribution in [0.2, 0.25) is 5.02 Å². The number of hydrogen-bond donors (Lipinski definition) is 2. The number of thioether (sulfide) groups is 1. The minimum atomic E-state index is -0.188. The fourth-order valence-corrected chi connectivity index (χ4v) is 4.00. The summed E-state index contributed by atoms with van der Waals surface area (Å²) < 4.78 is 0. The Bertz CT molecular complexity index is 1310. The second-order valence-corrected chi connectivity index (χ2v) is 7.60. The second-order valence-electron chi connectivity index (χ2n) is 6.16. The standard InChI is InChI=1S/C20H12ClN5OS/c21-13-8-16-17(24-10-23-16)9-15(13)25-20-26-19(27)18(28-20)7-11-3-4-14-12(6-11)2-1-5-22-14/h1-10H,(H,23,24)(H,25,26,27). The zero-order valence-electron chi connectivity index (χ0n) is 14.3. The molecule has 1 fully saturated rings. The maximum atomic E-state index is 12.4. The number of imidazole rings is 1. The average Bonchev–Trinajstić information content (AvgIpc) is 3.28. The highest BCUT2D eigenvalue weighted by Gasteiger charge is 2.24. The van der Waals surface area contributed by atoms with Crippen molar-refractivity contribution in [2.45, 2.75) is 0 Å². The predicted molar refractivity (Wildman–Crippen MR) is 114 cm³/mol. The molecular formula is C20H12ClN5OS. The summed E-state index contributed by atoms with van der Waals surface area (Å²) in [5, 5.41) is 4.77. The Labute approximate surface area is 168 Å². The van der Waals surface area contributed by atoms with Crippen LogP contribution >= 0.6 is 23.4 Å². The number of nitrogens with zero attached hydrogens (tertiary/aromatic N) is 3. The molecule has 0 spiro atoms. The van der Waals surface area contributed by atoms with Gasteiger partial charge in [-0.15, -0.1) is 0 Å². The zero-order chi connectivity index (χ0) is 19.1. The van der Waals surface area contributed by atoms with Crippen molar-refractivity contribution in [1.29, 1.82) is 0 Å². The van der Waals surface area contributed by atoms with Gasteiger partial charge in [0.2, 0.25) is 0 Å². The number of benzene rings is 2. The molecule has 2 aromatic heterocycles. The van der Waals surface area contributed by atoms with Crippen LogP contribution in [-0.4, -0.2) is 26.0 Å². The fourth-order valence-electron chi connectivity index (χ4n) is 2.96. The van der Waals surface area contributed by atoms with Gasteiger partial charge in [-0.1, -0.05) is 23.7 Å². The van der Waals surface area contributed by atoms with E-state index < -0.39 is 0 Å². The van der Waals surface area contributed by atoms with Crippen molar-refractivity contribution in [3.05, 3.63) is 70.5 Å². The number of pyridine rings is 1. The third kappa shape index (κ3) is 3.15. The summed E-state index contributed by atoms with van der Waals surface area (Å²) in [7, 11) is 0. The van der Waals surface area contributed by atoms with Crippen molar-refractivity contribution in [2.24, 2.45) is 4.99 Å². The highest BCUT2D eigenvalue weighted by molar-refractivity contribution is 8.18. The Hall–Kier alpha value is -3.16.